The molecule has 0 spiro atoms. The Morgan fingerprint density at radius 2 is 1.86 bits per heavy atom. The Labute approximate surface area is 203 Å². The summed E-state index contributed by atoms with van der Waals surface area (Å²) in [6, 6.07) is 10.9. The number of ether oxygens (including phenoxy) is 1. The summed E-state index contributed by atoms with van der Waals surface area (Å²) in [4.78, 5) is 32.1. The van der Waals surface area contributed by atoms with Gasteiger partial charge < -0.3 is 10.1 Å². The number of hydrogen-bond acceptors (Lipinski definition) is 5. The molecule has 35 heavy (non-hydrogen) atoms. The molecule has 10 heteroatoms. The number of nitrogens with one attached hydrogen (secondary N) is 1. The molecular formula is C25H22F3N3O3S. The maximum absolute atomic E-state index is 13.5. The number of aromatic nitrogens is 2. The molecule has 6 nitrogen and oxygen atoms in total. The molecule has 0 aliphatic carbocycles. The second-order valence-corrected chi connectivity index (χ2v) is 9.04. The number of aryl methyl sites for hydroxylation is 1. The molecule has 0 saturated carbocycles. The van der Waals surface area contributed by atoms with Gasteiger partial charge in [-0.15, -0.1) is 11.3 Å². The largest absolute Gasteiger partial charge is 0.494 e. The predicted molar refractivity (Wildman–Crippen MR) is 130 cm³/mol. The van der Waals surface area contributed by atoms with E-state index in [4.69, 9.17) is 4.74 Å². The second-order valence-electron chi connectivity index (χ2n) is 7.84. The Kier molecular flexibility index (Phi) is 6.66. The van der Waals surface area contributed by atoms with Gasteiger partial charge in [0, 0.05) is 10.4 Å². The maximum Gasteiger partial charge on any atom is 0.418 e. The Morgan fingerprint density at radius 1 is 1.17 bits per heavy atom. The number of alkyl halides is 3. The van der Waals surface area contributed by atoms with Crippen LogP contribution >= 0.6 is 11.3 Å². The molecule has 0 fully saturated rings. The van der Waals surface area contributed by atoms with Gasteiger partial charge >= 0.3 is 6.18 Å². The minimum Gasteiger partial charge on any atom is -0.494 e. The van der Waals surface area contributed by atoms with Crippen LogP contribution in [0.4, 0.5) is 18.9 Å². The van der Waals surface area contributed by atoms with Crippen molar-refractivity contribution in [1.82, 2.24) is 9.55 Å². The van der Waals surface area contributed by atoms with E-state index in [1.807, 2.05) is 38.1 Å². The van der Waals surface area contributed by atoms with Crippen molar-refractivity contribution in [2.45, 2.75) is 33.0 Å². The third kappa shape index (κ3) is 4.79. The van der Waals surface area contributed by atoms with Crippen molar-refractivity contribution < 1.29 is 22.7 Å². The summed E-state index contributed by atoms with van der Waals surface area (Å²) in [5.41, 5.74) is -0.289. The summed E-state index contributed by atoms with van der Waals surface area (Å²) in [5, 5.41) is 2.66. The minimum atomic E-state index is -4.63. The number of para-hydroxylation sites is 1. The number of benzene rings is 2. The van der Waals surface area contributed by atoms with E-state index >= 15 is 0 Å². The summed E-state index contributed by atoms with van der Waals surface area (Å²) in [6.07, 6.45) is -3.38. The zero-order chi connectivity index (χ0) is 25.3. The SMILES string of the molecule is CCOc1ccc(-c2c(C)sc3ncn(C(C)C(=O)Nc4ccccc4C(F)(F)F)c(=O)c23)cc1. The average molecular weight is 502 g/mol. The van der Waals surface area contributed by atoms with Crippen LogP contribution in [-0.2, 0) is 11.0 Å². The first-order valence-corrected chi connectivity index (χ1v) is 11.6. The van der Waals surface area contributed by atoms with E-state index in [9.17, 15) is 22.8 Å². The molecule has 4 rings (SSSR count). The lowest BCUT2D eigenvalue weighted by Gasteiger charge is -2.18. The van der Waals surface area contributed by atoms with Crippen LogP contribution in [0, 0.1) is 6.92 Å². The van der Waals surface area contributed by atoms with Crippen LogP contribution < -0.4 is 15.6 Å². The number of thiophene rings is 1. The standard InChI is InChI=1S/C25H22F3N3O3S/c1-4-34-17-11-9-16(10-12-17)20-15(3)35-23-21(20)24(33)31(13-29-23)14(2)22(32)30-19-8-6-5-7-18(19)25(26,27)28/h5-14H,4H2,1-3H3,(H,30,32). The molecule has 0 bridgehead atoms. The molecule has 1 unspecified atom stereocenters. The zero-order valence-electron chi connectivity index (χ0n) is 19.1. The fraction of sp³-hybridized carbons (Fsp3) is 0.240. The van der Waals surface area contributed by atoms with Crippen LogP contribution in [0.15, 0.2) is 59.7 Å². The van der Waals surface area contributed by atoms with Crippen LogP contribution in [0.2, 0.25) is 0 Å². The quantitative estimate of drug-likeness (QED) is 0.349. The van der Waals surface area contributed by atoms with Gasteiger partial charge in [0.25, 0.3) is 5.56 Å². The molecule has 4 aromatic rings. The number of hydrogen-bond donors (Lipinski definition) is 1. The highest BCUT2D eigenvalue weighted by molar-refractivity contribution is 7.19. The van der Waals surface area contributed by atoms with Gasteiger partial charge in [0.2, 0.25) is 5.91 Å². The minimum absolute atomic E-state index is 0.356. The molecule has 0 aliphatic rings. The Hall–Kier alpha value is -3.66. The molecule has 0 radical (unpaired) electrons. The fourth-order valence-corrected chi connectivity index (χ4v) is 4.83. The number of rotatable bonds is 6. The molecule has 2 aromatic carbocycles. The van der Waals surface area contributed by atoms with Crippen molar-refractivity contribution in [3.05, 3.63) is 75.7 Å². The number of halogens is 3. The Bertz CT molecular complexity index is 1440. The molecule has 0 aliphatic heterocycles. The fourth-order valence-electron chi connectivity index (χ4n) is 3.83. The predicted octanol–water partition coefficient (Wildman–Crippen LogP) is 6.05. The smallest absolute Gasteiger partial charge is 0.418 e. The highest BCUT2D eigenvalue weighted by Gasteiger charge is 2.34. The van der Waals surface area contributed by atoms with Gasteiger partial charge in [0.15, 0.2) is 0 Å². The molecule has 2 heterocycles. The summed E-state index contributed by atoms with van der Waals surface area (Å²) < 4.78 is 46.6. The molecule has 1 amide bonds. The number of fused-ring (bicyclic) bond motifs is 1. The number of carbonyl (C=O) groups is 1. The van der Waals surface area contributed by atoms with Crippen LogP contribution in [0.25, 0.3) is 21.3 Å². The Morgan fingerprint density at radius 3 is 2.51 bits per heavy atom. The normalized spacial score (nSPS) is 12.5. The Balaban J connectivity index is 1.72. The first-order chi connectivity index (χ1) is 16.6. The summed E-state index contributed by atoms with van der Waals surface area (Å²) in [7, 11) is 0. The average Bonchev–Trinajstić information content (AvgIpc) is 3.16. The first kappa shape index (κ1) is 24.5. The van der Waals surface area contributed by atoms with Gasteiger partial charge in [-0.1, -0.05) is 24.3 Å². The first-order valence-electron chi connectivity index (χ1n) is 10.8. The van der Waals surface area contributed by atoms with E-state index in [-0.39, 0.29) is 5.69 Å². The highest BCUT2D eigenvalue weighted by atomic mass is 32.1. The van der Waals surface area contributed by atoms with E-state index in [1.54, 1.807) is 0 Å². The summed E-state index contributed by atoms with van der Waals surface area (Å²) >= 11 is 1.36. The third-order valence-electron chi connectivity index (χ3n) is 5.55. The molecule has 1 N–H and O–H groups in total. The van der Waals surface area contributed by atoms with Crippen molar-refractivity contribution in [3.63, 3.8) is 0 Å². The number of amides is 1. The van der Waals surface area contributed by atoms with Crippen LogP contribution in [0.3, 0.4) is 0 Å². The number of nitrogens with zero attached hydrogens (tertiary/aromatic N) is 2. The van der Waals surface area contributed by atoms with Gasteiger partial charge in [0.1, 0.15) is 16.6 Å². The van der Waals surface area contributed by atoms with Crippen LogP contribution in [-0.4, -0.2) is 22.1 Å². The number of carbonyl (C=O) groups excluding carboxylic acids is 1. The van der Waals surface area contributed by atoms with Crippen molar-refractivity contribution in [2.75, 3.05) is 11.9 Å². The van der Waals surface area contributed by atoms with Gasteiger partial charge in [-0.2, -0.15) is 13.2 Å². The van der Waals surface area contributed by atoms with Crippen molar-refractivity contribution >= 4 is 33.1 Å². The van der Waals surface area contributed by atoms with E-state index in [0.717, 1.165) is 21.1 Å². The van der Waals surface area contributed by atoms with Crippen molar-refractivity contribution in [1.29, 1.82) is 0 Å². The van der Waals surface area contributed by atoms with Crippen molar-refractivity contribution in [2.24, 2.45) is 0 Å². The van der Waals surface area contributed by atoms with E-state index in [1.165, 1.54) is 42.8 Å². The van der Waals surface area contributed by atoms with Crippen molar-refractivity contribution in [3.8, 4) is 16.9 Å². The topological polar surface area (TPSA) is 73.2 Å². The zero-order valence-corrected chi connectivity index (χ0v) is 20.0. The van der Waals surface area contributed by atoms with Crippen LogP contribution in [0.1, 0.15) is 30.3 Å². The second kappa shape index (κ2) is 9.53. The van der Waals surface area contributed by atoms with Gasteiger partial charge in [-0.3, -0.25) is 14.2 Å². The van der Waals surface area contributed by atoms with Gasteiger partial charge in [-0.05, 0) is 50.6 Å². The molecule has 1 atom stereocenters. The lowest BCUT2D eigenvalue weighted by Crippen LogP contribution is -2.32. The van der Waals surface area contributed by atoms with E-state index < -0.39 is 29.2 Å². The van der Waals surface area contributed by atoms with E-state index in [0.29, 0.717) is 28.1 Å². The number of anilines is 1. The van der Waals surface area contributed by atoms with Crippen LogP contribution in [0.5, 0.6) is 5.75 Å². The lowest BCUT2D eigenvalue weighted by molar-refractivity contribution is -0.137. The molecule has 2 aromatic heterocycles. The third-order valence-corrected chi connectivity index (χ3v) is 6.57. The lowest BCUT2D eigenvalue weighted by atomic mass is 10.0. The maximum atomic E-state index is 13.5. The van der Waals surface area contributed by atoms with E-state index in [2.05, 4.69) is 10.3 Å². The van der Waals surface area contributed by atoms with Gasteiger partial charge in [0.05, 0.1) is 29.6 Å². The summed E-state index contributed by atoms with van der Waals surface area (Å²) in [5.74, 6) is -0.0621. The highest BCUT2D eigenvalue weighted by Crippen LogP contribution is 2.37. The monoisotopic (exact) mass is 501 g/mol. The molecule has 0 saturated heterocycles. The molecule has 182 valence electrons. The summed E-state index contributed by atoms with van der Waals surface area (Å²) in [6.45, 7) is 5.74. The molecular weight excluding hydrogens is 479 g/mol. The van der Waals surface area contributed by atoms with Gasteiger partial charge in [-0.25, -0.2) is 4.98 Å².